The maximum Gasteiger partial charge on any atom is 0.222 e. The predicted octanol–water partition coefficient (Wildman–Crippen LogP) is 1.24. The van der Waals surface area contributed by atoms with Gasteiger partial charge in [-0.15, -0.1) is 0 Å². The number of amides is 1. The Bertz CT molecular complexity index is 131. The number of nitrogens with one attached hydrogen (secondary N) is 1. The van der Waals surface area contributed by atoms with Gasteiger partial charge in [0.15, 0.2) is 0 Å². The van der Waals surface area contributed by atoms with Crippen LogP contribution in [-0.4, -0.2) is 37.0 Å². The molecule has 1 fully saturated rings. The monoisotopic (exact) mass is 186 g/mol. The van der Waals surface area contributed by atoms with E-state index in [0.717, 1.165) is 32.6 Å². The van der Waals surface area contributed by atoms with Crippen LogP contribution in [0, 0.1) is 0 Å². The second kappa shape index (κ2) is 8.05. The Morgan fingerprint density at radius 2 is 1.85 bits per heavy atom. The zero-order valence-electron chi connectivity index (χ0n) is 9.10. The summed E-state index contributed by atoms with van der Waals surface area (Å²) in [6, 6.07) is 0. The smallest absolute Gasteiger partial charge is 0.222 e. The molecule has 0 atom stereocenters. The zero-order chi connectivity index (χ0) is 10.1. The van der Waals surface area contributed by atoms with Gasteiger partial charge in [-0.05, 0) is 6.42 Å². The molecule has 3 nitrogen and oxygen atoms in total. The Kier molecular flexibility index (Phi) is 7.69. The molecule has 0 spiro atoms. The molecule has 1 saturated heterocycles. The molecule has 1 N–H and O–H groups in total. The lowest BCUT2D eigenvalue weighted by Gasteiger charge is -2.27. The lowest BCUT2D eigenvalue weighted by atomic mass is 10.2. The van der Waals surface area contributed by atoms with E-state index in [9.17, 15) is 4.79 Å². The van der Waals surface area contributed by atoms with Gasteiger partial charge in [0.05, 0.1) is 0 Å². The highest BCUT2D eigenvalue weighted by molar-refractivity contribution is 5.76. The van der Waals surface area contributed by atoms with Crippen LogP contribution in [0.25, 0.3) is 0 Å². The number of hydrogen-bond acceptors (Lipinski definition) is 2. The molecule has 78 valence electrons. The van der Waals surface area contributed by atoms with Gasteiger partial charge in [-0.25, -0.2) is 0 Å². The summed E-state index contributed by atoms with van der Waals surface area (Å²) < 4.78 is 0. The molecule has 0 aromatic rings. The Hall–Kier alpha value is -0.570. The summed E-state index contributed by atoms with van der Waals surface area (Å²) in [5.74, 6) is 0.314. The minimum absolute atomic E-state index is 0.314. The van der Waals surface area contributed by atoms with E-state index >= 15 is 0 Å². The van der Waals surface area contributed by atoms with Gasteiger partial charge in [0, 0.05) is 32.6 Å². The molecular formula is C10H22N2O. The van der Waals surface area contributed by atoms with Gasteiger partial charge in [0.1, 0.15) is 0 Å². The molecule has 0 unspecified atom stereocenters. The summed E-state index contributed by atoms with van der Waals surface area (Å²) in [5, 5.41) is 3.22. The van der Waals surface area contributed by atoms with Gasteiger partial charge in [-0.1, -0.05) is 20.8 Å². The first-order valence-corrected chi connectivity index (χ1v) is 5.33. The number of hydrogen-bond donors (Lipinski definition) is 1. The summed E-state index contributed by atoms with van der Waals surface area (Å²) in [5.41, 5.74) is 0. The van der Waals surface area contributed by atoms with Crippen molar-refractivity contribution in [3.8, 4) is 0 Å². The standard InChI is InChI=1S/C8H16N2O.C2H6/c1-2-3-8(11)10-6-4-9-5-7-10;1-2/h9H,2-7H2,1H3;1-2H3. The molecule has 1 aliphatic heterocycles. The van der Waals surface area contributed by atoms with Crippen LogP contribution in [0.15, 0.2) is 0 Å². The van der Waals surface area contributed by atoms with Crippen LogP contribution in [-0.2, 0) is 4.79 Å². The van der Waals surface area contributed by atoms with Crippen LogP contribution in [0.1, 0.15) is 33.6 Å². The highest BCUT2D eigenvalue weighted by Crippen LogP contribution is 1.98. The quantitative estimate of drug-likeness (QED) is 0.704. The van der Waals surface area contributed by atoms with Gasteiger partial charge in [-0.3, -0.25) is 4.79 Å². The summed E-state index contributed by atoms with van der Waals surface area (Å²) in [6.45, 7) is 9.72. The van der Waals surface area contributed by atoms with Crippen molar-refractivity contribution in [1.29, 1.82) is 0 Å². The van der Waals surface area contributed by atoms with Crippen LogP contribution < -0.4 is 5.32 Å². The molecule has 1 aliphatic rings. The summed E-state index contributed by atoms with van der Waals surface area (Å²) in [4.78, 5) is 13.2. The van der Waals surface area contributed by atoms with Crippen molar-refractivity contribution in [1.82, 2.24) is 10.2 Å². The van der Waals surface area contributed by atoms with E-state index in [2.05, 4.69) is 5.32 Å². The first-order chi connectivity index (χ1) is 6.34. The average molecular weight is 186 g/mol. The number of piperazine rings is 1. The Morgan fingerprint density at radius 1 is 1.31 bits per heavy atom. The highest BCUT2D eigenvalue weighted by atomic mass is 16.2. The molecule has 1 rings (SSSR count). The molecule has 3 heteroatoms. The third-order valence-electron chi connectivity index (χ3n) is 1.93. The van der Waals surface area contributed by atoms with Crippen molar-refractivity contribution in [2.75, 3.05) is 26.2 Å². The highest BCUT2D eigenvalue weighted by Gasteiger charge is 2.14. The molecule has 0 aliphatic carbocycles. The Balaban J connectivity index is 0.000000671. The van der Waals surface area contributed by atoms with Crippen molar-refractivity contribution in [3.05, 3.63) is 0 Å². The topological polar surface area (TPSA) is 32.3 Å². The second-order valence-corrected chi connectivity index (χ2v) is 2.88. The number of carbonyl (C=O) groups is 1. The molecule has 13 heavy (non-hydrogen) atoms. The largest absolute Gasteiger partial charge is 0.340 e. The molecular weight excluding hydrogens is 164 g/mol. The fraction of sp³-hybridized carbons (Fsp3) is 0.900. The minimum atomic E-state index is 0.314. The van der Waals surface area contributed by atoms with Gasteiger partial charge in [0.2, 0.25) is 5.91 Å². The first kappa shape index (κ1) is 12.4. The number of carbonyl (C=O) groups excluding carboxylic acids is 1. The van der Waals surface area contributed by atoms with Gasteiger partial charge < -0.3 is 10.2 Å². The normalized spacial score (nSPS) is 16.1. The Morgan fingerprint density at radius 3 is 2.31 bits per heavy atom. The van der Waals surface area contributed by atoms with Crippen LogP contribution in [0.4, 0.5) is 0 Å². The van der Waals surface area contributed by atoms with Crippen molar-refractivity contribution in [3.63, 3.8) is 0 Å². The van der Waals surface area contributed by atoms with Crippen molar-refractivity contribution < 1.29 is 4.79 Å². The van der Waals surface area contributed by atoms with E-state index in [0.29, 0.717) is 12.3 Å². The first-order valence-electron chi connectivity index (χ1n) is 5.33. The third kappa shape index (κ3) is 4.88. The molecule has 0 saturated carbocycles. The van der Waals surface area contributed by atoms with E-state index in [1.807, 2.05) is 25.7 Å². The van der Waals surface area contributed by atoms with Crippen molar-refractivity contribution in [2.24, 2.45) is 0 Å². The SMILES string of the molecule is CC.CCCC(=O)N1CCNCC1. The summed E-state index contributed by atoms with van der Waals surface area (Å²) >= 11 is 0. The zero-order valence-corrected chi connectivity index (χ0v) is 9.10. The van der Waals surface area contributed by atoms with Gasteiger partial charge in [-0.2, -0.15) is 0 Å². The van der Waals surface area contributed by atoms with E-state index < -0.39 is 0 Å². The van der Waals surface area contributed by atoms with E-state index in [4.69, 9.17) is 0 Å². The summed E-state index contributed by atoms with van der Waals surface area (Å²) in [6.07, 6.45) is 1.67. The predicted molar refractivity (Wildman–Crippen MR) is 55.7 cm³/mol. The van der Waals surface area contributed by atoms with Crippen LogP contribution in [0.5, 0.6) is 0 Å². The van der Waals surface area contributed by atoms with E-state index in [-0.39, 0.29) is 0 Å². The maximum atomic E-state index is 11.3. The fourth-order valence-corrected chi connectivity index (χ4v) is 1.29. The molecule has 0 radical (unpaired) electrons. The van der Waals surface area contributed by atoms with Crippen molar-refractivity contribution in [2.45, 2.75) is 33.6 Å². The molecule has 0 aromatic carbocycles. The molecule has 1 heterocycles. The third-order valence-corrected chi connectivity index (χ3v) is 1.93. The van der Waals surface area contributed by atoms with Gasteiger partial charge in [0.25, 0.3) is 0 Å². The lowest BCUT2D eigenvalue weighted by molar-refractivity contribution is -0.131. The fourth-order valence-electron chi connectivity index (χ4n) is 1.29. The van der Waals surface area contributed by atoms with E-state index in [1.165, 1.54) is 0 Å². The van der Waals surface area contributed by atoms with Gasteiger partial charge >= 0.3 is 0 Å². The average Bonchev–Trinajstić information content (AvgIpc) is 2.23. The number of rotatable bonds is 2. The minimum Gasteiger partial charge on any atom is -0.340 e. The lowest BCUT2D eigenvalue weighted by Crippen LogP contribution is -2.46. The van der Waals surface area contributed by atoms with E-state index in [1.54, 1.807) is 0 Å². The molecule has 1 amide bonds. The van der Waals surface area contributed by atoms with Crippen LogP contribution in [0.2, 0.25) is 0 Å². The van der Waals surface area contributed by atoms with Crippen molar-refractivity contribution >= 4 is 5.91 Å². The second-order valence-electron chi connectivity index (χ2n) is 2.88. The Labute approximate surface area is 81.5 Å². The maximum absolute atomic E-state index is 11.3. The van der Waals surface area contributed by atoms with Crippen LogP contribution in [0.3, 0.4) is 0 Å². The number of nitrogens with zero attached hydrogens (tertiary/aromatic N) is 1. The molecule has 0 bridgehead atoms. The summed E-state index contributed by atoms with van der Waals surface area (Å²) in [7, 11) is 0. The van der Waals surface area contributed by atoms with Crippen LogP contribution >= 0.6 is 0 Å². The molecule has 0 aromatic heterocycles.